The average Bonchev–Trinajstić information content (AvgIpc) is 2.43. The van der Waals surface area contributed by atoms with Crippen LogP contribution in [0.5, 0.6) is 17.2 Å². The van der Waals surface area contributed by atoms with E-state index in [1.54, 1.807) is 18.2 Å². The molecule has 0 aliphatic heterocycles. The minimum absolute atomic E-state index is 0.0833. The number of aliphatic hydroxyl groups excluding tert-OH is 1. The van der Waals surface area contributed by atoms with Gasteiger partial charge in [0.25, 0.3) is 0 Å². The first-order valence-electron chi connectivity index (χ1n) is 5.28. The summed E-state index contributed by atoms with van der Waals surface area (Å²) in [5.41, 5.74) is 0.709. The van der Waals surface area contributed by atoms with Crippen molar-refractivity contribution in [1.29, 1.82) is 0 Å². The summed E-state index contributed by atoms with van der Waals surface area (Å²) in [6, 6.07) is 6.49. The molecule has 1 heterocycles. The third kappa shape index (κ3) is 3.26. The first kappa shape index (κ1) is 13.9. The summed E-state index contributed by atoms with van der Waals surface area (Å²) in [5.74, 6) is 1.18. The van der Waals surface area contributed by atoms with Gasteiger partial charge in [0.15, 0.2) is 27.6 Å². The Bertz CT molecular complexity index is 593. The van der Waals surface area contributed by atoms with Gasteiger partial charge in [-0.2, -0.15) is 0 Å². The number of hydrogen-bond acceptors (Lipinski definition) is 5. The highest BCUT2D eigenvalue weighted by Gasteiger charge is 2.11. The van der Waals surface area contributed by atoms with Gasteiger partial charge in [0, 0.05) is 6.07 Å². The highest BCUT2D eigenvalue weighted by atomic mass is 35.5. The molecule has 0 aliphatic rings. The van der Waals surface area contributed by atoms with E-state index in [0.717, 1.165) is 0 Å². The summed E-state index contributed by atoms with van der Waals surface area (Å²) in [6.07, 6.45) is 0. The number of halogens is 2. The smallest absolute Gasteiger partial charge is 0.194 e. The number of benzene rings is 1. The van der Waals surface area contributed by atoms with Crippen molar-refractivity contribution >= 4 is 23.2 Å². The van der Waals surface area contributed by atoms with Crippen LogP contribution in [-0.4, -0.2) is 22.4 Å². The van der Waals surface area contributed by atoms with E-state index < -0.39 is 0 Å². The fourth-order valence-corrected chi connectivity index (χ4v) is 1.69. The molecule has 0 saturated heterocycles. The third-order valence-electron chi connectivity index (χ3n) is 2.32. The second-order valence-corrected chi connectivity index (χ2v) is 4.31. The van der Waals surface area contributed by atoms with Crippen LogP contribution in [0.1, 0.15) is 5.56 Å². The number of nitrogens with zero attached hydrogens (tertiary/aromatic N) is 2. The quantitative estimate of drug-likeness (QED) is 0.940. The molecule has 0 saturated carbocycles. The third-order valence-corrected chi connectivity index (χ3v) is 2.76. The number of ether oxygens (including phenoxy) is 2. The maximum Gasteiger partial charge on any atom is 0.194 e. The van der Waals surface area contributed by atoms with E-state index in [4.69, 9.17) is 37.8 Å². The van der Waals surface area contributed by atoms with Gasteiger partial charge in [-0.05, 0) is 17.7 Å². The van der Waals surface area contributed by atoms with Gasteiger partial charge >= 0.3 is 0 Å². The number of aliphatic hydroxyl groups is 1. The zero-order valence-electron chi connectivity index (χ0n) is 9.93. The van der Waals surface area contributed by atoms with Gasteiger partial charge in [0.05, 0.1) is 13.7 Å². The molecule has 2 rings (SSSR count). The summed E-state index contributed by atoms with van der Waals surface area (Å²) in [5, 5.41) is 16.6. The Morgan fingerprint density at radius 1 is 1.11 bits per heavy atom. The van der Waals surface area contributed by atoms with E-state index in [-0.39, 0.29) is 22.7 Å². The second kappa shape index (κ2) is 6.06. The molecule has 0 bridgehead atoms. The Labute approximate surface area is 119 Å². The lowest BCUT2D eigenvalue weighted by Gasteiger charge is -2.11. The van der Waals surface area contributed by atoms with Crippen LogP contribution < -0.4 is 9.47 Å². The molecule has 0 unspecified atom stereocenters. The van der Waals surface area contributed by atoms with Crippen LogP contribution in [0.25, 0.3) is 0 Å². The fourth-order valence-electron chi connectivity index (χ4n) is 1.42. The van der Waals surface area contributed by atoms with Crippen molar-refractivity contribution in [1.82, 2.24) is 10.2 Å². The molecule has 19 heavy (non-hydrogen) atoms. The van der Waals surface area contributed by atoms with E-state index in [1.165, 1.54) is 13.2 Å². The minimum Gasteiger partial charge on any atom is -0.493 e. The molecule has 1 aromatic heterocycles. The van der Waals surface area contributed by atoms with Crippen molar-refractivity contribution in [3.8, 4) is 17.2 Å². The van der Waals surface area contributed by atoms with Crippen LogP contribution in [0.2, 0.25) is 10.3 Å². The van der Waals surface area contributed by atoms with E-state index in [2.05, 4.69) is 10.2 Å². The van der Waals surface area contributed by atoms with Crippen LogP contribution in [0.3, 0.4) is 0 Å². The summed E-state index contributed by atoms with van der Waals surface area (Å²) < 4.78 is 10.8. The molecule has 0 spiro atoms. The lowest BCUT2D eigenvalue weighted by atomic mass is 10.2. The minimum atomic E-state index is -0.0833. The Morgan fingerprint density at radius 3 is 2.58 bits per heavy atom. The molecule has 1 N–H and O–H groups in total. The van der Waals surface area contributed by atoms with Gasteiger partial charge in [-0.15, -0.1) is 10.2 Å². The molecule has 0 radical (unpaired) electrons. The lowest BCUT2D eigenvalue weighted by Crippen LogP contribution is -1.95. The maximum absolute atomic E-state index is 9.07. The molecule has 0 fully saturated rings. The summed E-state index contributed by atoms with van der Waals surface area (Å²) in [7, 11) is 1.50. The largest absolute Gasteiger partial charge is 0.493 e. The van der Waals surface area contributed by atoms with Crippen molar-refractivity contribution < 1.29 is 14.6 Å². The Balaban J connectivity index is 2.35. The zero-order valence-corrected chi connectivity index (χ0v) is 11.4. The Kier molecular flexibility index (Phi) is 4.42. The highest BCUT2D eigenvalue weighted by Crippen LogP contribution is 2.35. The van der Waals surface area contributed by atoms with Gasteiger partial charge in [0.2, 0.25) is 0 Å². The summed E-state index contributed by atoms with van der Waals surface area (Å²) >= 11 is 11.6. The Morgan fingerprint density at radius 2 is 1.89 bits per heavy atom. The summed E-state index contributed by atoms with van der Waals surface area (Å²) in [6.45, 7) is -0.0833. The molecule has 7 heteroatoms. The molecule has 0 amide bonds. The zero-order chi connectivity index (χ0) is 13.8. The summed E-state index contributed by atoms with van der Waals surface area (Å²) in [4.78, 5) is 0. The van der Waals surface area contributed by atoms with E-state index >= 15 is 0 Å². The lowest BCUT2D eigenvalue weighted by molar-refractivity contribution is 0.280. The Hall–Kier alpha value is -1.56. The predicted molar refractivity (Wildman–Crippen MR) is 71.0 cm³/mol. The van der Waals surface area contributed by atoms with Gasteiger partial charge < -0.3 is 14.6 Å². The topological polar surface area (TPSA) is 64.5 Å². The molecule has 0 atom stereocenters. The molecule has 5 nitrogen and oxygen atoms in total. The van der Waals surface area contributed by atoms with E-state index in [1.807, 2.05) is 0 Å². The van der Waals surface area contributed by atoms with Gasteiger partial charge in [-0.3, -0.25) is 0 Å². The molecule has 1 aromatic carbocycles. The molecule has 100 valence electrons. The van der Waals surface area contributed by atoms with Crippen molar-refractivity contribution in [2.75, 3.05) is 7.11 Å². The van der Waals surface area contributed by atoms with Crippen LogP contribution in [0.4, 0.5) is 0 Å². The highest BCUT2D eigenvalue weighted by molar-refractivity contribution is 6.32. The number of aromatic nitrogens is 2. The van der Waals surface area contributed by atoms with E-state index in [9.17, 15) is 0 Å². The van der Waals surface area contributed by atoms with Gasteiger partial charge in [-0.25, -0.2) is 0 Å². The first-order chi connectivity index (χ1) is 9.13. The van der Waals surface area contributed by atoms with Crippen LogP contribution in [0.15, 0.2) is 24.3 Å². The van der Waals surface area contributed by atoms with Crippen molar-refractivity contribution in [3.63, 3.8) is 0 Å². The van der Waals surface area contributed by atoms with Gasteiger partial charge in [-0.1, -0.05) is 29.3 Å². The first-order valence-corrected chi connectivity index (χ1v) is 6.04. The standard InChI is InChI=1S/C12H10Cl2N2O3/c1-18-9-4-7(6-17)2-3-8(9)19-10-5-11(13)15-16-12(10)14/h2-5,17H,6H2,1H3. The number of methoxy groups -OCH3 is 1. The van der Waals surface area contributed by atoms with Crippen LogP contribution in [-0.2, 0) is 6.61 Å². The number of hydrogen-bond donors (Lipinski definition) is 1. The average molecular weight is 301 g/mol. The molecule has 2 aromatic rings. The van der Waals surface area contributed by atoms with Crippen molar-refractivity contribution in [3.05, 3.63) is 40.1 Å². The monoisotopic (exact) mass is 300 g/mol. The van der Waals surface area contributed by atoms with Crippen molar-refractivity contribution in [2.45, 2.75) is 6.61 Å². The van der Waals surface area contributed by atoms with Crippen LogP contribution in [0, 0.1) is 0 Å². The molecular formula is C12H10Cl2N2O3. The normalized spacial score (nSPS) is 10.3. The number of rotatable bonds is 4. The fraction of sp³-hybridized carbons (Fsp3) is 0.167. The molecular weight excluding hydrogens is 291 g/mol. The van der Waals surface area contributed by atoms with Crippen molar-refractivity contribution in [2.24, 2.45) is 0 Å². The van der Waals surface area contributed by atoms with Crippen LogP contribution >= 0.6 is 23.2 Å². The predicted octanol–water partition coefficient (Wildman–Crippen LogP) is 3.08. The molecule has 0 aliphatic carbocycles. The SMILES string of the molecule is COc1cc(CO)ccc1Oc1cc(Cl)nnc1Cl. The van der Waals surface area contributed by atoms with E-state index in [0.29, 0.717) is 17.1 Å². The van der Waals surface area contributed by atoms with Gasteiger partial charge in [0.1, 0.15) is 0 Å². The maximum atomic E-state index is 9.07. The second-order valence-electron chi connectivity index (χ2n) is 3.57.